The Morgan fingerprint density at radius 2 is 1.87 bits per heavy atom. The minimum atomic E-state index is -0.471. The van der Waals surface area contributed by atoms with Gasteiger partial charge < -0.3 is 4.74 Å². The summed E-state index contributed by atoms with van der Waals surface area (Å²) < 4.78 is 6.33. The Morgan fingerprint density at radius 3 is 2.27 bits per heavy atom. The minimum absolute atomic E-state index is 0.339. The van der Waals surface area contributed by atoms with Crippen LogP contribution in [0.5, 0.6) is 5.75 Å². The zero-order valence-electron chi connectivity index (χ0n) is 8.01. The lowest BCUT2D eigenvalue weighted by atomic mass is 9.97. The summed E-state index contributed by atoms with van der Waals surface area (Å²) in [5.41, 5.74) is 0.912. The van der Waals surface area contributed by atoms with Crippen LogP contribution in [0, 0.1) is 0 Å². The van der Waals surface area contributed by atoms with E-state index in [9.17, 15) is 4.79 Å². The van der Waals surface area contributed by atoms with Crippen LogP contribution in [-0.4, -0.2) is 13.8 Å². The van der Waals surface area contributed by atoms with E-state index in [4.69, 9.17) is 12.6 Å². The highest BCUT2D eigenvalue weighted by Crippen LogP contribution is 2.32. The van der Waals surface area contributed by atoms with Crippen molar-refractivity contribution in [1.82, 2.24) is 0 Å². The molecule has 1 rings (SSSR count). The van der Waals surface area contributed by atoms with Gasteiger partial charge in [0.25, 0.3) is 0 Å². The molecule has 0 saturated heterocycles. The molecular weight excluding hydrogens is 323 g/mol. The van der Waals surface area contributed by atoms with Crippen LogP contribution in [0.2, 0.25) is 0 Å². The highest BCUT2D eigenvalue weighted by atomic mass is 79.9. The van der Waals surface area contributed by atoms with E-state index in [0.717, 1.165) is 0 Å². The standard InChI is InChI=1S/C10H7BBr2O2/c1-5(2)10(14)15-9-7(12)3-6(11)4-8(9)13/h3-4H,1H2,2H3. The quantitative estimate of drug-likeness (QED) is 0.361. The summed E-state index contributed by atoms with van der Waals surface area (Å²) in [5, 5.41) is 0. The van der Waals surface area contributed by atoms with Gasteiger partial charge in [-0.25, -0.2) is 4.79 Å². The van der Waals surface area contributed by atoms with Crippen LogP contribution in [0.15, 0.2) is 33.2 Å². The molecule has 0 aromatic heterocycles. The van der Waals surface area contributed by atoms with E-state index < -0.39 is 5.97 Å². The van der Waals surface area contributed by atoms with E-state index in [-0.39, 0.29) is 0 Å². The summed E-state index contributed by atoms with van der Waals surface area (Å²) in [6, 6.07) is 3.32. The smallest absolute Gasteiger partial charge is 0.338 e. The zero-order valence-corrected chi connectivity index (χ0v) is 11.2. The average Bonchev–Trinajstić information content (AvgIpc) is 2.10. The maximum Gasteiger partial charge on any atom is 0.338 e. The first kappa shape index (κ1) is 12.5. The van der Waals surface area contributed by atoms with Crippen molar-refractivity contribution in [2.45, 2.75) is 6.92 Å². The largest absolute Gasteiger partial charge is 0.421 e. The van der Waals surface area contributed by atoms with E-state index in [0.29, 0.717) is 25.7 Å². The summed E-state index contributed by atoms with van der Waals surface area (Å²) in [5.74, 6) is -0.0710. The fourth-order valence-corrected chi connectivity index (χ4v) is 2.24. The van der Waals surface area contributed by atoms with Crippen molar-refractivity contribution in [3.63, 3.8) is 0 Å². The third-order valence-electron chi connectivity index (χ3n) is 1.56. The molecule has 2 radical (unpaired) electrons. The Hall–Kier alpha value is -0.545. The Bertz CT molecular complexity index is 406. The molecule has 0 aliphatic rings. The number of benzene rings is 1. The maximum absolute atomic E-state index is 11.3. The second-order valence-corrected chi connectivity index (χ2v) is 4.69. The molecule has 0 fully saturated rings. The Labute approximate surface area is 106 Å². The van der Waals surface area contributed by atoms with Crippen molar-refractivity contribution in [2.24, 2.45) is 0 Å². The van der Waals surface area contributed by atoms with Crippen LogP contribution in [-0.2, 0) is 4.79 Å². The number of carbonyl (C=O) groups excluding carboxylic acids is 1. The Morgan fingerprint density at radius 1 is 1.40 bits per heavy atom. The van der Waals surface area contributed by atoms with Crippen molar-refractivity contribution in [1.29, 1.82) is 0 Å². The number of esters is 1. The molecule has 0 amide bonds. The maximum atomic E-state index is 11.3. The van der Waals surface area contributed by atoms with Gasteiger partial charge in [-0.2, -0.15) is 0 Å². The molecule has 0 N–H and O–H groups in total. The lowest BCUT2D eigenvalue weighted by molar-refractivity contribution is -0.130. The van der Waals surface area contributed by atoms with Crippen LogP contribution in [0.4, 0.5) is 0 Å². The van der Waals surface area contributed by atoms with Gasteiger partial charge in [-0.05, 0) is 38.8 Å². The van der Waals surface area contributed by atoms with Gasteiger partial charge in [0.2, 0.25) is 0 Å². The predicted octanol–water partition coefficient (Wildman–Crippen LogP) is 2.49. The number of hydrogen-bond acceptors (Lipinski definition) is 2. The van der Waals surface area contributed by atoms with E-state index in [2.05, 4.69) is 38.4 Å². The third kappa shape index (κ3) is 3.21. The molecule has 0 aliphatic heterocycles. The van der Waals surface area contributed by atoms with Gasteiger partial charge in [-0.1, -0.05) is 24.2 Å². The van der Waals surface area contributed by atoms with Crippen LogP contribution < -0.4 is 10.2 Å². The lowest BCUT2D eigenvalue weighted by Crippen LogP contribution is -2.11. The minimum Gasteiger partial charge on any atom is -0.421 e. The number of carbonyl (C=O) groups is 1. The van der Waals surface area contributed by atoms with Gasteiger partial charge in [0, 0.05) is 5.57 Å². The first-order valence-corrected chi connectivity index (χ1v) is 5.62. The van der Waals surface area contributed by atoms with Gasteiger partial charge in [0.1, 0.15) is 7.85 Å². The number of ether oxygens (including phenoxy) is 1. The first-order valence-electron chi connectivity index (χ1n) is 4.04. The molecule has 1 aromatic carbocycles. The van der Waals surface area contributed by atoms with E-state index in [1.165, 1.54) is 0 Å². The predicted molar refractivity (Wildman–Crippen MR) is 67.7 cm³/mol. The normalized spacial score (nSPS) is 9.80. The third-order valence-corrected chi connectivity index (χ3v) is 2.74. The van der Waals surface area contributed by atoms with Gasteiger partial charge in [-0.3, -0.25) is 0 Å². The fourth-order valence-electron chi connectivity index (χ4n) is 0.857. The summed E-state index contributed by atoms with van der Waals surface area (Å²) in [4.78, 5) is 11.3. The second kappa shape index (κ2) is 4.99. The zero-order chi connectivity index (χ0) is 11.6. The topological polar surface area (TPSA) is 26.3 Å². The van der Waals surface area contributed by atoms with Gasteiger partial charge >= 0.3 is 5.97 Å². The summed E-state index contributed by atoms with van der Waals surface area (Å²) in [6.07, 6.45) is 0. The van der Waals surface area contributed by atoms with Crippen molar-refractivity contribution < 1.29 is 9.53 Å². The molecule has 0 atom stereocenters. The SMILES string of the molecule is [B]c1cc(Br)c(OC(=O)C(=C)C)c(Br)c1. The van der Waals surface area contributed by atoms with Crippen LogP contribution in [0.1, 0.15) is 6.92 Å². The molecule has 1 aromatic rings. The number of halogens is 2. The molecule has 0 spiro atoms. The van der Waals surface area contributed by atoms with Crippen LogP contribution in [0.25, 0.3) is 0 Å². The van der Waals surface area contributed by atoms with Gasteiger partial charge in [-0.15, -0.1) is 0 Å². The Kier molecular flexibility index (Phi) is 4.17. The highest BCUT2D eigenvalue weighted by molar-refractivity contribution is 9.11. The fraction of sp³-hybridized carbons (Fsp3) is 0.100. The number of hydrogen-bond donors (Lipinski definition) is 0. The van der Waals surface area contributed by atoms with Crippen molar-refractivity contribution in [3.05, 3.63) is 33.2 Å². The monoisotopic (exact) mass is 328 g/mol. The van der Waals surface area contributed by atoms with Gasteiger partial charge in [0.15, 0.2) is 5.75 Å². The molecule has 5 heteroatoms. The van der Waals surface area contributed by atoms with Crippen LogP contribution >= 0.6 is 31.9 Å². The van der Waals surface area contributed by atoms with Crippen molar-refractivity contribution in [2.75, 3.05) is 0 Å². The second-order valence-electron chi connectivity index (χ2n) is 2.98. The molecule has 76 valence electrons. The molecule has 0 heterocycles. The highest BCUT2D eigenvalue weighted by Gasteiger charge is 2.12. The molecule has 0 unspecified atom stereocenters. The van der Waals surface area contributed by atoms with Crippen molar-refractivity contribution >= 4 is 51.1 Å². The summed E-state index contributed by atoms with van der Waals surface area (Å²) >= 11 is 6.52. The first-order chi connectivity index (χ1) is 6.91. The molecule has 0 saturated carbocycles. The molecule has 2 nitrogen and oxygen atoms in total. The van der Waals surface area contributed by atoms with E-state index in [1.807, 2.05) is 0 Å². The molecular formula is C10H7BBr2O2. The summed E-state index contributed by atoms with van der Waals surface area (Å²) in [7, 11) is 5.60. The van der Waals surface area contributed by atoms with Gasteiger partial charge in [0.05, 0.1) is 8.95 Å². The Balaban J connectivity index is 3.05. The van der Waals surface area contributed by atoms with Crippen LogP contribution in [0.3, 0.4) is 0 Å². The number of rotatable bonds is 2. The molecule has 0 bridgehead atoms. The molecule has 0 aliphatic carbocycles. The van der Waals surface area contributed by atoms with E-state index in [1.54, 1.807) is 19.1 Å². The lowest BCUT2D eigenvalue weighted by Gasteiger charge is -2.09. The molecule has 15 heavy (non-hydrogen) atoms. The van der Waals surface area contributed by atoms with Crippen molar-refractivity contribution in [3.8, 4) is 5.75 Å². The van der Waals surface area contributed by atoms with E-state index >= 15 is 0 Å². The average molecular weight is 330 g/mol. The summed E-state index contributed by atoms with van der Waals surface area (Å²) in [6.45, 7) is 5.08.